The zero-order valence-corrected chi connectivity index (χ0v) is 23.7. The highest BCUT2D eigenvalue weighted by molar-refractivity contribution is 7.97. The van der Waals surface area contributed by atoms with E-state index >= 15 is 0 Å². The molecule has 0 spiro atoms. The number of anilines is 3. The molecule has 3 heterocycles. The van der Waals surface area contributed by atoms with Crippen LogP contribution in [0.1, 0.15) is 25.7 Å². The van der Waals surface area contributed by atoms with Crippen molar-refractivity contribution in [2.45, 2.75) is 42.7 Å². The van der Waals surface area contributed by atoms with Crippen molar-refractivity contribution in [2.75, 3.05) is 58.6 Å². The molecule has 1 aromatic heterocycles. The Morgan fingerprint density at radius 3 is 2.59 bits per heavy atom. The van der Waals surface area contributed by atoms with E-state index in [9.17, 15) is 0 Å². The first-order valence-corrected chi connectivity index (χ1v) is 14.3. The third kappa shape index (κ3) is 7.13. The highest BCUT2D eigenvalue weighted by Crippen LogP contribution is 2.36. The van der Waals surface area contributed by atoms with Crippen LogP contribution < -0.4 is 20.5 Å². The lowest BCUT2D eigenvalue weighted by atomic mass is 10.1. The van der Waals surface area contributed by atoms with E-state index in [1.807, 2.05) is 36.4 Å². The SMILES string of the molecule is COc1cc(Nc2nccc(-c3ccc(OC4CCOCC4)c(N)c3)n2)ccc1SN(C)C1CCN(C)CC1. The molecule has 9 nitrogen and oxygen atoms in total. The number of rotatable bonds is 9. The molecule has 0 radical (unpaired) electrons. The van der Waals surface area contributed by atoms with Gasteiger partial charge in [0, 0.05) is 42.4 Å². The second-order valence-corrected chi connectivity index (χ2v) is 11.3. The molecule has 2 saturated heterocycles. The molecule has 0 saturated carbocycles. The van der Waals surface area contributed by atoms with Crippen LogP contribution in [-0.2, 0) is 4.74 Å². The molecule has 0 unspecified atom stereocenters. The van der Waals surface area contributed by atoms with Crippen molar-refractivity contribution in [3.05, 3.63) is 48.7 Å². The highest BCUT2D eigenvalue weighted by atomic mass is 32.2. The summed E-state index contributed by atoms with van der Waals surface area (Å²) in [5.74, 6) is 2.01. The standard InChI is InChI=1S/C29H38N6O3S/c1-34-14-9-22(10-15-34)35(2)39-28-7-5-21(19-27(28)36-3)32-29-31-13-8-25(33-29)20-4-6-26(24(30)18-20)38-23-11-16-37-17-12-23/h4-8,13,18-19,22-23H,9-12,14-17,30H2,1-3H3,(H,31,32,33). The van der Waals surface area contributed by atoms with Gasteiger partial charge in [0.2, 0.25) is 5.95 Å². The lowest BCUT2D eigenvalue weighted by molar-refractivity contribution is 0.0259. The van der Waals surface area contributed by atoms with E-state index < -0.39 is 0 Å². The summed E-state index contributed by atoms with van der Waals surface area (Å²) < 4.78 is 19.6. The van der Waals surface area contributed by atoms with Gasteiger partial charge in [-0.1, -0.05) is 0 Å². The summed E-state index contributed by atoms with van der Waals surface area (Å²) in [6.45, 7) is 3.72. The number of ether oxygens (including phenoxy) is 3. The summed E-state index contributed by atoms with van der Waals surface area (Å²) in [4.78, 5) is 12.6. The number of piperidine rings is 1. The monoisotopic (exact) mass is 550 g/mol. The fourth-order valence-electron chi connectivity index (χ4n) is 4.91. The van der Waals surface area contributed by atoms with Gasteiger partial charge < -0.3 is 30.2 Å². The van der Waals surface area contributed by atoms with Crippen LogP contribution in [0.2, 0.25) is 0 Å². The lowest BCUT2D eigenvalue weighted by Gasteiger charge is -2.34. The Labute approximate surface area is 235 Å². The van der Waals surface area contributed by atoms with Gasteiger partial charge >= 0.3 is 0 Å². The predicted octanol–water partition coefficient (Wildman–Crippen LogP) is 5.07. The van der Waals surface area contributed by atoms with E-state index in [1.54, 1.807) is 25.3 Å². The number of likely N-dealkylation sites (tertiary alicyclic amines) is 1. The minimum atomic E-state index is 0.137. The van der Waals surface area contributed by atoms with Gasteiger partial charge in [0.1, 0.15) is 17.6 Å². The molecule has 0 atom stereocenters. The molecule has 5 rings (SSSR count). The van der Waals surface area contributed by atoms with Crippen LogP contribution in [0.25, 0.3) is 11.3 Å². The maximum Gasteiger partial charge on any atom is 0.227 e. The van der Waals surface area contributed by atoms with E-state index in [1.165, 1.54) is 12.8 Å². The van der Waals surface area contributed by atoms with Crippen LogP contribution in [0.5, 0.6) is 11.5 Å². The van der Waals surface area contributed by atoms with Gasteiger partial charge in [-0.3, -0.25) is 0 Å². The van der Waals surface area contributed by atoms with Gasteiger partial charge in [-0.15, -0.1) is 0 Å². The van der Waals surface area contributed by atoms with E-state index in [0.29, 0.717) is 23.4 Å². The molecule has 2 aliphatic rings. The molecule has 0 bridgehead atoms. The zero-order valence-electron chi connectivity index (χ0n) is 22.9. The van der Waals surface area contributed by atoms with Crippen LogP contribution in [0.4, 0.5) is 17.3 Å². The molecule has 2 fully saturated rings. The summed E-state index contributed by atoms with van der Waals surface area (Å²) in [7, 11) is 6.06. The Bertz CT molecular complexity index is 1250. The first-order chi connectivity index (χ1) is 19.0. The summed E-state index contributed by atoms with van der Waals surface area (Å²) >= 11 is 1.73. The number of nitrogens with zero attached hydrogens (tertiary/aromatic N) is 4. The van der Waals surface area contributed by atoms with Crippen molar-refractivity contribution in [1.29, 1.82) is 0 Å². The maximum absolute atomic E-state index is 6.33. The van der Waals surface area contributed by atoms with Crippen molar-refractivity contribution in [3.8, 4) is 22.8 Å². The Hall–Kier alpha value is -3.05. The Kier molecular flexibility index (Phi) is 9.08. The minimum absolute atomic E-state index is 0.137. The molecular formula is C29H38N6O3S. The van der Waals surface area contributed by atoms with Crippen LogP contribution in [0, 0.1) is 0 Å². The number of methoxy groups -OCH3 is 1. The average Bonchev–Trinajstić information content (AvgIpc) is 2.96. The van der Waals surface area contributed by atoms with E-state index in [2.05, 4.69) is 39.7 Å². The number of aromatic nitrogens is 2. The summed E-state index contributed by atoms with van der Waals surface area (Å²) in [6.07, 6.45) is 5.98. The van der Waals surface area contributed by atoms with Gasteiger partial charge in [-0.25, -0.2) is 14.3 Å². The molecule has 39 heavy (non-hydrogen) atoms. The first-order valence-electron chi connectivity index (χ1n) is 13.5. The van der Waals surface area contributed by atoms with Crippen molar-refractivity contribution in [1.82, 2.24) is 19.2 Å². The molecular weight excluding hydrogens is 512 g/mol. The molecule has 0 amide bonds. The molecule has 208 valence electrons. The van der Waals surface area contributed by atoms with E-state index in [0.717, 1.165) is 66.7 Å². The summed E-state index contributed by atoms with van der Waals surface area (Å²) in [6, 6.07) is 14.3. The topological polar surface area (TPSA) is 98.0 Å². The lowest BCUT2D eigenvalue weighted by Crippen LogP contribution is -2.39. The number of hydrogen-bond acceptors (Lipinski definition) is 10. The quantitative estimate of drug-likeness (QED) is 0.278. The Morgan fingerprint density at radius 2 is 1.85 bits per heavy atom. The van der Waals surface area contributed by atoms with Crippen LogP contribution in [0.3, 0.4) is 0 Å². The number of benzene rings is 2. The Morgan fingerprint density at radius 1 is 1.05 bits per heavy atom. The molecule has 0 aliphatic carbocycles. The summed E-state index contributed by atoms with van der Waals surface area (Å²) in [5, 5.41) is 3.32. The predicted molar refractivity (Wildman–Crippen MR) is 157 cm³/mol. The molecule has 10 heteroatoms. The van der Waals surface area contributed by atoms with Gasteiger partial charge in [-0.05, 0) is 88.4 Å². The van der Waals surface area contributed by atoms with Gasteiger partial charge in [0.15, 0.2) is 0 Å². The normalized spacial score (nSPS) is 17.3. The van der Waals surface area contributed by atoms with E-state index in [-0.39, 0.29) is 6.10 Å². The number of nitrogens with two attached hydrogens (primary N) is 1. The average molecular weight is 551 g/mol. The smallest absolute Gasteiger partial charge is 0.227 e. The van der Waals surface area contributed by atoms with Crippen LogP contribution in [0.15, 0.2) is 53.6 Å². The second kappa shape index (κ2) is 12.9. The zero-order chi connectivity index (χ0) is 27.2. The maximum atomic E-state index is 6.33. The number of nitrogens with one attached hydrogen (secondary N) is 1. The van der Waals surface area contributed by atoms with Crippen molar-refractivity contribution in [3.63, 3.8) is 0 Å². The Balaban J connectivity index is 1.25. The summed E-state index contributed by atoms with van der Waals surface area (Å²) in [5.41, 5.74) is 9.46. The molecule has 3 N–H and O–H groups in total. The van der Waals surface area contributed by atoms with Gasteiger partial charge in [0.05, 0.1) is 36.6 Å². The fourth-order valence-corrected chi connectivity index (χ4v) is 5.94. The third-order valence-electron chi connectivity index (χ3n) is 7.29. The van der Waals surface area contributed by atoms with Crippen molar-refractivity contribution in [2.24, 2.45) is 0 Å². The van der Waals surface area contributed by atoms with Crippen molar-refractivity contribution >= 4 is 29.3 Å². The largest absolute Gasteiger partial charge is 0.495 e. The molecule has 2 aromatic carbocycles. The third-order valence-corrected chi connectivity index (χ3v) is 8.41. The second-order valence-electron chi connectivity index (χ2n) is 10.1. The van der Waals surface area contributed by atoms with Gasteiger partial charge in [0.25, 0.3) is 0 Å². The van der Waals surface area contributed by atoms with Crippen LogP contribution in [-0.4, -0.2) is 78.8 Å². The number of hydrogen-bond donors (Lipinski definition) is 2. The van der Waals surface area contributed by atoms with Crippen LogP contribution >= 0.6 is 11.9 Å². The minimum Gasteiger partial charge on any atom is -0.495 e. The fraction of sp³-hybridized carbons (Fsp3) is 0.448. The first kappa shape index (κ1) is 27.5. The molecule has 2 aliphatic heterocycles. The molecule has 3 aromatic rings. The van der Waals surface area contributed by atoms with E-state index in [4.69, 9.17) is 24.9 Å². The van der Waals surface area contributed by atoms with Gasteiger partial charge in [-0.2, -0.15) is 0 Å². The number of nitrogen functional groups attached to an aromatic ring is 1. The van der Waals surface area contributed by atoms with Crippen molar-refractivity contribution < 1.29 is 14.2 Å². The highest BCUT2D eigenvalue weighted by Gasteiger charge is 2.22.